The van der Waals surface area contributed by atoms with Gasteiger partial charge in [0, 0.05) is 5.37 Å². The van der Waals surface area contributed by atoms with Gasteiger partial charge in [0.05, 0.1) is 7.11 Å². The number of thiocarbonyl (C=S) groups is 1. The summed E-state index contributed by atoms with van der Waals surface area (Å²) in [6, 6.07) is 6.12. The van der Waals surface area contributed by atoms with Crippen molar-refractivity contribution in [3.8, 4) is 5.75 Å². The topological polar surface area (TPSA) is 9.23 Å². The van der Waals surface area contributed by atoms with Crippen molar-refractivity contribution in [3.63, 3.8) is 0 Å². The van der Waals surface area contributed by atoms with Crippen molar-refractivity contribution in [3.05, 3.63) is 29.3 Å². The van der Waals surface area contributed by atoms with Crippen LogP contribution in [0.15, 0.2) is 18.2 Å². The van der Waals surface area contributed by atoms with Crippen LogP contribution in [0, 0.1) is 0 Å². The van der Waals surface area contributed by atoms with Gasteiger partial charge in [-0.2, -0.15) is 0 Å². The van der Waals surface area contributed by atoms with Crippen molar-refractivity contribution < 1.29 is 4.74 Å². The highest BCUT2D eigenvalue weighted by atomic mass is 32.1. The summed E-state index contributed by atoms with van der Waals surface area (Å²) in [7, 11) is 1.72. The third-order valence-electron chi connectivity index (χ3n) is 2.49. The van der Waals surface area contributed by atoms with Gasteiger partial charge < -0.3 is 4.74 Å². The summed E-state index contributed by atoms with van der Waals surface area (Å²) in [5, 5.41) is 1.71. The Morgan fingerprint density at radius 3 is 2.73 bits per heavy atom. The van der Waals surface area contributed by atoms with Gasteiger partial charge in [0.2, 0.25) is 0 Å². The first-order chi connectivity index (χ1) is 7.31. The molecule has 0 heterocycles. The van der Waals surface area contributed by atoms with E-state index >= 15 is 0 Å². The SMILES string of the molecule is CCCCCc1cc(C=S)ccc1OC. The highest BCUT2D eigenvalue weighted by Crippen LogP contribution is 2.21. The summed E-state index contributed by atoms with van der Waals surface area (Å²) in [5.74, 6) is 0.978. The smallest absolute Gasteiger partial charge is 0.122 e. The summed E-state index contributed by atoms with van der Waals surface area (Å²) < 4.78 is 5.33. The molecule has 15 heavy (non-hydrogen) atoms. The van der Waals surface area contributed by atoms with Gasteiger partial charge >= 0.3 is 0 Å². The van der Waals surface area contributed by atoms with E-state index in [1.54, 1.807) is 12.5 Å². The molecule has 2 heteroatoms. The van der Waals surface area contributed by atoms with E-state index in [4.69, 9.17) is 17.0 Å². The van der Waals surface area contributed by atoms with Crippen LogP contribution >= 0.6 is 12.2 Å². The predicted molar refractivity (Wildman–Crippen MR) is 69.0 cm³/mol. The molecule has 0 spiro atoms. The molecular formula is C13H18OS. The molecule has 1 aromatic rings. The summed E-state index contributed by atoms with van der Waals surface area (Å²) in [5.41, 5.74) is 2.36. The molecule has 1 nitrogen and oxygen atoms in total. The molecule has 0 amide bonds. The average Bonchev–Trinajstić information content (AvgIpc) is 2.29. The maximum atomic E-state index is 5.33. The fourth-order valence-corrected chi connectivity index (χ4v) is 1.78. The minimum atomic E-state index is 0.978. The van der Waals surface area contributed by atoms with Crippen LogP contribution in [0.1, 0.15) is 37.3 Å². The Kier molecular flexibility index (Phi) is 5.33. The molecule has 0 aliphatic heterocycles. The quantitative estimate of drug-likeness (QED) is 0.535. The number of ether oxygens (including phenoxy) is 1. The van der Waals surface area contributed by atoms with Crippen molar-refractivity contribution in [1.82, 2.24) is 0 Å². The highest BCUT2D eigenvalue weighted by molar-refractivity contribution is 7.79. The Hall–Kier alpha value is -0.890. The van der Waals surface area contributed by atoms with E-state index in [2.05, 4.69) is 13.0 Å². The van der Waals surface area contributed by atoms with E-state index in [0.29, 0.717) is 0 Å². The zero-order chi connectivity index (χ0) is 11.1. The highest BCUT2D eigenvalue weighted by Gasteiger charge is 2.02. The molecule has 0 N–H and O–H groups in total. The molecule has 0 aliphatic carbocycles. The van der Waals surface area contributed by atoms with Gasteiger partial charge in [-0.1, -0.05) is 38.0 Å². The Morgan fingerprint density at radius 2 is 2.13 bits per heavy atom. The third-order valence-corrected chi connectivity index (χ3v) is 2.76. The standard InChI is InChI=1S/C13H18OS/c1-3-4-5-6-12-9-11(10-15)7-8-13(12)14-2/h7-10H,3-6H2,1-2H3. The van der Waals surface area contributed by atoms with Crippen molar-refractivity contribution in [2.24, 2.45) is 0 Å². The molecule has 82 valence electrons. The van der Waals surface area contributed by atoms with E-state index in [1.807, 2.05) is 12.1 Å². The molecule has 0 aliphatic rings. The van der Waals surface area contributed by atoms with Crippen molar-refractivity contribution in [2.75, 3.05) is 7.11 Å². The zero-order valence-electron chi connectivity index (χ0n) is 9.45. The van der Waals surface area contributed by atoms with Gasteiger partial charge in [-0.25, -0.2) is 0 Å². The minimum absolute atomic E-state index is 0.978. The van der Waals surface area contributed by atoms with Crippen molar-refractivity contribution in [1.29, 1.82) is 0 Å². The lowest BCUT2D eigenvalue weighted by molar-refractivity contribution is 0.409. The lowest BCUT2D eigenvalue weighted by atomic mass is 10.0. The summed E-state index contributed by atoms with van der Waals surface area (Å²) in [6.45, 7) is 2.21. The van der Waals surface area contributed by atoms with Crippen LogP contribution in [0.3, 0.4) is 0 Å². The minimum Gasteiger partial charge on any atom is -0.496 e. The van der Waals surface area contributed by atoms with E-state index in [9.17, 15) is 0 Å². The first kappa shape index (κ1) is 12.2. The van der Waals surface area contributed by atoms with Crippen LogP contribution in [-0.4, -0.2) is 12.5 Å². The molecule has 0 radical (unpaired) electrons. The number of methoxy groups -OCH3 is 1. The molecule has 0 atom stereocenters. The Morgan fingerprint density at radius 1 is 1.33 bits per heavy atom. The number of hydrogen-bond acceptors (Lipinski definition) is 2. The van der Waals surface area contributed by atoms with E-state index in [1.165, 1.54) is 24.8 Å². The van der Waals surface area contributed by atoms with Gasteiger partial charge in [0.1, 0.15) is 5.75 Å². The van der Waals surface area contributed by atoms with Crippen molar-refractivity contribution >= 4 is 17.6 Å². The third kappa shape index (κ3) is 3.63. The van der Waals surface area contributed by atoms with Crippen LogP contribution in [0.2, 0.25) is 0 Å². The van der Waals surface area contributed by atoms with Crippen LogP contribution in [-0.2, 0) is 6.42 Å². The average molecular weight is 222 g/mol. The van der Waals surface area contributed by atoms with E-state index < -0.39 is 0 Å². The molecule has 0 saturated heterocycles. The second kappa shape index (κ2) is 6.57. The second-order valence-electron chi connectivity index (χ2n) is 3.65. The molecule has 0 unspecified atom stereocenters. The van der Waals surface area contributed by atoms with Gasteiger partial charge in [-0.05, 0) is 36.1 Å². The van der Waals surface area contributed by atoms with Crippen LogP contribution in [0.25, 0.3) is 0 Å². The number of unbranched alkanes of at least 4 members (excludes halogenated alkanes) is 2. The van der Waals surface area contributed by atoms with Crippen molar-refractivity contribution in [2.45, 2.75) is 32.6 Å². The first-order valence-electron chi connectivity index (χ1n) is 5.44. The molecule has 1 rings (SSSR count). The molecule has 1 aromatic carbocycles. The molecule has 0 saturated carbocycles. The Labute approximate surface area is 97.5 Å². The number of hydrogen-bond donors (Lipinski definition) is 0. The number of benzene rings is 1. The molecular weight excluding hydrogens is 204 g/mol. The normalized spacial score (nSPS) is 10.0. The van der Waals surface area contributed by atoms with E-state index in [0.717, 1.165) is 17.7 Å². The lowest BCUT2D eigenvalue weighted by Gasteiger charge is -2.08. The monoisotopic (exact) mass is 222 g/mol. The molecule has 0 bridgehead atoms. The van der Waals surface area contributed by atoms with E-state index in [-0.39, 0.29) is 0 Å². The number of rotatable bonds is 6. The van der Waals surface area contributed by atoms with Gasteiger partial charge in [-0.3, -0.25) is 0 Å². The molecule has 0 aromatic heterocycles. The fourth-order valence-electron chi connectivity index (χ4n) is 1.63. The van der Waals surface area contributed by atoms with Crippen LogP contribution < -0.4 is 4.74 Å². The van der Waals surface area contributed by atoms with Gasteiger partial charge in [-0.15, -0.1) is 0 Å². The van der Waals surface area contributed by atoms with Crippen LogP contribution in [0.4, 0.5) is 0 Å². The largest absolute Gasteiger partial charge is 0.496 e. The zero-order valence-corrected chi connectivity index (χ0v) is 10.3. The van der Waals surface area contributed by atoms with Crippen LogP contribution in [0.5, 0.6) is 5.75 Å². The maximum Gasteiger partial charge on any atom is 0.122 e. The summed E-state index contributed by atoms with van der Waals surface area (Å²) >= 11 is 4.93. The van der Waals surface area contributed by atoms with Gasteiger partial charge in [0.15, 0.2) is 0 Å². The summed E-state index contributed by atoms with van der Waals surface area (Å²) in [4.78, 5) is 0. The second-order valence-corrected chi connectivity index (χ2v) is 3.88. The number of aryl methyl sites for hydroxylation is 1. The van der Waals surface area contributed by atoms with Gasteiger partial charge in [0.25, 0.3) is 0 Å². The predicted octanol–water partition coefficient (Wildman–Crippen LogP) is 3.78. The fraction of sp³-hybridized carbons (Fsp3) is 0.462. The lowest BCUT2D eigenvalue weighted by Crippen LogP contribution is -1.94. The maximum absolute atomic E-state index is 5.33. The first-order valence-corrected chi connectivity index (χ1v) is 5.91. The summed E-state index contributed by atoms with van der Waals surface area (Å²) in [6.07, 6.45) is 4.81. The molecule has 0 fully saturated rings. The Balaban J connectivity index is 2.76. The Bertz CT molecular complexity index is 320.